The van der Waals surface area contributed by atoms with Crippen LogP contribution in [0.3, 0.4) is 0 Å². The molecule has 9 heteroatoms. The zero-order valence-corrected chi connectivity index (χ0v) is 17.8. The molecule has 30 heavy (non-hydrogen) atoms. The molecule has 0 unspecified atom stereocenters. The van der Waals surface area contributed by atoms with Gasteiger partial charge in [0.1, 0.15) is 12.6 Å². The van der Waals surface area contributed by atoms with E-state index < -0.39 is 23.9 Å². The number of nitrogens with one attached hydrogen (secondary N) is 1. The van der Waals surface area contributed by atoms with Crippen molar-refractivity contribution in [2.24, 2.45) is 0 Å². The Morgan fingerprint density at radius 1 is 1.03 bits per heavy atom. The number of esters is 4. The molecule has 9 nitrogen and oxygen atoms in total. The number of methoxy groups -OCH3 is 1. The van der Waals surface area contributed by atoms with Gasteiger partial charge >= 0.3 is 23.9 Å². The lowest BCUT2D eigenvalue weighted by Crippen LogP contribution is -2.41. The maximum absolute atomic E-state index is 12.1. The molecule has 1 rings (SSSR count). The normalized spacial score (nSPS) is 11.3. The average Bonchev–Trinajstić information content (AvgIpc) is 2.69. The Bertz CT molecular complexity index is 747. The van der Waals surface area contributed by atoms with Gasteiger partial charge in [0.2, 0.25) is 0 Å². The second-order valence-electron chi connectivity index (χ2n) is 6.53. The fourth-order valence-corrected chi connectivity index (χ4v) is 2.56. The van der Waals surface area contributed by atoms with Crippen LogP contribution in [0.15, 0.2) is 18.2 Å². The zero-order chi connectivity index (χ0) is 22.5. The largest absolute Gasteiger partial charge is 0.468 e. The summed E-state index contributed by atoms with van der Waals surface area (Å²) in [5, 5.41) is 2.99. The van der Waals surface area contributed by atoms with Crippen molar-refractivity contribution in [2.45, 2.75) is 52.5 Å². The Morgan fingerprint density at radius 2 is 1.70 bits per heavy atom. The van der Waals surface area contributed by atoms with E-state index in [0.29, 0.717) is 12.0 Å². The number of hydrogen-bond acceptors (Lipinski definition) is 9. The van der Waals surface area contributed by atoms with Gasteiger partial charge in [-0.3, -0.25) is 19.2 Å². The van der Waals surface area contributed by atoms with Crippen molar-refractivity contribution in [3.8, 4) is 11.5 Å². The molecule has 1 aromatic carbocycles. The van der Waals surface area contributed by atoms with Gasteiger partial charge in [0.05, 0.1) is 7.11 Å². The summed E-state index contributed by atoms with van der Waals surface area (Å²) >= 11 is 0. The maximum Gasteiger partial charge on any atom is 0.323 e. The third kappa shape index (κ3) is 9.51. The number of unbranched alkanes of at least 4 members (excludes halogenated alkanes) is 1. The lowest BCUT2D eigenvalue weighted by molar-refractivity contribution is -0.144. The summed E-state index contributed by atoms with van der Waals surface area (Å²) in [6, 6.07) is 3.93. The molecule has 0 aliphatic rings. The third-order valence-corrected chi connectivity index (χ3v) is 3.93. The van der Waals surface area contributed by atoms with Crippen LogP contribution < -0.4 is 14.8 Å². The molecule has 1 aromatic rings. The molecule has 0 saturated heterocycles. The minimum atomic E-state index is -0.714. The molecular weight excluding hydrogens is 394 g/mol. The first-order chi connectivity index (χ1) is 14.3. The lowest BCUT2D eigenvalue weighted by atomic mass is 10.1. The summed E-state index contributed by atoms with van der Waals surface area (Å²) in [4.78, 5) is 46.2. The predicted molar refractivity (Wildman–Crippen MR) is 107 cm³/mol. The van der Waals surface area contributed by atoms with Crippen LogP contribution in [0.25, 0.3) is 0 Å². The topological polar surface area (TPSA) is 117 Å². The Balaban J connectivity index is 2.79. The Labute approximate surface area is 176 Å². The molecule has 0 saturated carbocycles. The summed E-state index contributed by atoms with van der Waals surface area (Å²) < 4.78 is 20.1. The van der Waals surface area contributed by atoms with E-state index in [2.05, 4.69) is 5.32 Å². The summed E-state index contributed by atoms with van der Waals surface area (Å²) in [5.74, 6) is -1.73. The predicted octanol–water partition coefficient (Wildman–Crippen LogP) is 1.94. The summed E-state index contributed by atoms with van der Waals surface area (Å²) in [6.45, 7) is 4.84. The van der Waals surface area contributed by atoms with Gasteiger partial charge in [-0.25, -0.2) is 0 Å². The number of benzene rings is 1. The lowest BCUT2D eigenvalue weighted by Gasteiger charge is -2.17. The van der Waals surface area contributed by atoms with Gasteiger partial charge in [0.15, 0.2) is 11.5 Å². The zero-order valence-electron chi connectivity index (χ0n) is 17.8. The summed E-state index contributed by atoms with van der Waals surface area (Å²) in [5.41, 5.74) is 0.644. The fraction of sp³-hybridized carbons (Fsp3) is 0.524. The molecule has 0 aromatic heterocycles. The van der Waals surface area contributed by atoms with Crippen LogP contribution in [0, 0.1) is 0 Å². The number of ether oxygens (including phenoxy) is 4. The van der Waals surface area contributed by atoms with Crippen molar-refractivity contribution in [3.05, 3.63) is 23.8 Å². The van der Waals surface area contributed by atoms with E-state index in [0.717, 1.165) is 12.8 Å². The molecule has 0 spiro atoms. The molecule has 166 valence electrons. The molecule has 0 bridgehead atoms. The third-order valence-electron chi connectivity index (χ3n) is 3.93. The maximum atomic E-state index is 12.1. The van der Waals surface area contributed by atoms with Crippen molar-refractivity contribution in [2.75, 3.05) is 20.3 Å². The highest BCUT2D eigenvalue weighted by Gasteiger charge is 2.21. The van der Waals surface area contributed by atoms with Crippen LogP contribution >= 0.6 is 0 Å². The number of carbonyl (C=O) groups excluding carboxylic acids is 4. The molecule has 0 amide bonds. The van der Waals surface area contributed by atoms with Gasteiger partial charge in [-0.15, -0.1) is 0 Å². The minimum Gasteiger partial charge on any atom is -0.468 e. The van der Waals surface area contributed by atoms with E-state index in [9.17, 15) is 19.2 Å². The van der Waals surface area contributed by atoms with E-state index in [1.807, 2.05) is 6.92 Å². The van der Waals surface area contributed by atoms with E-state index in [4.69, 9.17) is 18.9 Å². The molecule has 1 atom stereocenters. The molecule has 0 aliphatic carbocycles. The van der Waals surface area contributed by atoms with Crippen LogP contribution in [0.4, 0.5) is 0 Å². The Morgan fingerprint density at radius 3 is 2.30 bits per heavy atom. The van der Waals surface area contributed by atoms with E-state index in [-0.39, 0.29) is 37.0 Å². The van der Waals surface area contributed by atoms with Crippen LogP contribution in [0.5, 0.6) is 11.5 Å². The van der Waals surface area contributed by atoms with Crippen LogP contribution in [0.1, 0.15) is 45.6 Å². The van der Waals surface area contributed by atoms with Crippen LogP contribution in [-0.2, 0) is 35.1 Å². The number of rotatable bonds is 12. The molecule has 0 aliphatic heterocycles. The van der Waals surface area contributed by atoms with E-state index >= 15 is 0 Å². The van der Waals surface area contributed by atoms with E-state index in [1.165, 1.54) is 33.1 Å². The highest BCUT2D eigenvalue weighted by molar-refractivity contribution is 5.76. The molecule has 0 fully saturated rings. The quantitative estimate of drug-likeness (QED) is 0.306. The second kappa shape index (κ2) is 13.3. The van der Waals surface area contributed by atoms with Crippen molar-refractivity contribution in [1.29, 1.82) is 0 Å². The first-order valence-corrected chi connectivity index (χ1v) is 9.73. The first kappa shape index (κ1) is 25.1. The first-order valence-electron chi connectivity index (χ1n) is 9.73. The molecule has 0 heterocycles. The highest BCUT2D eigenvalue weighted by Crippen LogP contribution is 2.29. The van der Waals surface area contributed by atoms with Gasteiger partial charge in [0.25, 0.3) is 0 Å². The van der Waals surface area contributed by atoms with Crippen molar-refractivity contribution >= 4 is 23.9 Å². The fourth-order valence-electron chi connectivity index (χ4n) is 2.56. The van der Waals surface area contributed by atoms with Gasteiger partial charge in [-0.1, -0.05) is 19.4 Å². The van der Waals surface area contributed by atoms with Crippen molar-refractivity contribution in [1.82, 2.24) is 5.32 Å². The summed E-state index contributed by atoms with van der Waals surface area (Å²) in [7, 11) is 1.27. The van der Waals surface area contributed by atoms with Gasteiger partial charge < -0.3 is 24.3 Å². The summed E-state index contributed by atoms with van der Waals surface area (Å²) in [6.07, 6.45) is 2.25. The van der Waals surface area contributed by atoms with Crippen molar-refractivity contribution in [3.63, 3.8) is 0 Å². The molecule has 0 radical (unpaired) electrons. The smallest absolute Gasteiger partial charge is 0.323 e. The van der Waals surface area contributed by atoms with E-state index in [1.54, 1.807) is 6.07 Å². The Kier molecular flexibility index (Phi) is 11.1. The minimum absolute atomic E-state index is 0.0728. The Hall–Kier alpha value is -2.94. The SMILES string of the molecule is CCCCC(=O)OCCN[C@@H](Cc1ccc(OC(C)=O)c(OC(C)=O)c1)C(=O)OC. The van der Waals surface area contributed by atoms with Gasteiger partial charge in [-0.05, 0) is 30.5 Å². The molecule has 1 N–H and O–H groups in total. The van der Waals surface area contributed by atoms with Crippen LogP contribution in [0.2, 0.25) is 0 Å². The van der Waals surface area contributed by atoms with Crippen LogP contribution in [-0.4, -0.2) is 50.2 Å². The second-order valence-corrected chi connectivity index (χ2v) is 6.53. The average molecular weight is 423 g/mol. The standard InChI is InChI=1S/C21H29NO8/c1-5-6-7-20(25)28-11-10-22-17(21(26)27-4)12-16-8-9-18(29-14(2)23)19(13-16)30-15(3)24/h8-9,13,17,22H,5-7,10-12H2,1-4H3/t17-/m0/s1. The number of hydrogen-bond donors (Lipinski definition) is 1. The monoisotopic (exact) mass is 423 g/mol. The highest BCUT2D eigenvalue weighted by atomic mass is 16.6. The van der Waals surface area contributed by atoms with Gasteiger partial charge in [-0.2, -0.15) is 0 Å². The number of carbonyl (C=O) groups is 4. The van der Waals surface area contributed by atoms with Crippen molar-refractivity contribution < 1.29 is 38.1 Å². The van der Waals surface area contributed by atoms with Gasteiger partial charge in [0, 0.05) is 26.8 Å². The molecular formula is C21H29NO8.